The number of para-hydroxylation sites is 1. The quantitative estimate of drug-likeness (QED) is 0.565. The van der Waals surface area contributed by atoms with Gasteiger partial charge in [-0.1, -0.05) is 55.6 Å². The van der Waals surface area contributed by atoms with E-state index in [-0.39, 0.29) is 17.7 Å². The predicted octanol–water partition coefficient (Wildman–Crippen LogP) is 5.17. The average molecular weight is 396 g/mol. The Morgan fingerprint density at radius 1 is 1.18 bits per heavy atom. The van der Waals surface area contributed by atoms with Crippen molar-refractivity contribution in [2.75, 3.05) is 6.54 Å². The van der Waals surface area contributed by atoms with Gasteiger partial charge in [0.05, 0.1) is 6.04 Å². The maximum Gasteiger partial charge on any atom is 0.273 e. The zero-order valence-electron chi connectivity index (χ0n) is 15.7. The molecule has 1 aliphatic rings. The van der Waals surface area contributed by atoms with Crippen LogP contribution in [0.5, 0.6) is 5.75 Å². The van der Waals surface area contributed by atoms with E-state index in [9.17, 15) is 9.90 Å². The maximum atomic E-state index is 13.1. The average Bonchev–Trinajstić information content (AvgIpc) is 3.22. The molecule has 0 fully saturated rings. The van der Waals surface area contributed by atoms with E-state index < -0.39 is 0 Å². The number of carbonyl (C=O) groups excluding carboxylic acids is 1. The van der Waals surface area contributed by atoms with Crippen molar-refractivity contribution in [3.8, 4) is 17.0 Å². The highest BCUT2D eigenvalue weighted by atomic mass is 35.5. The minimum Gasteiger partial charge on any atom is -0.507 e. The number of aromatic hydroxyl groups is 1. The van der Waals surface area contributed by atoms with Crippen molar-refractivity contribution in [3.05, 3.63) is 70.4 Å². The molecule has 1 unspecified atom stereocenters. The van der Waals surface area contributed by atoms with E-state index in [4.69, 9.17) is 11.6 Å². The second kappa shape index (κ2) is 7.68. The van der Waals surface area contributed by atoms with Gasteiger partial charge in [-0.2, -0.15) is 5.10 Å². The first-order chi connectivity index (χ1) is 13.6. The summed E-state index contributed by atoms with van der Waals surface area (Å²) in [6.45, 7) is 2.80. The Labute approximate surface area is 169 Å². The number of unbranched alkanes of at least 4 members (excludes halogenated alkanes) is 2. The van der Waals surface area contributed by atoms with Crippen molar-refractivity contribution >= 4 is 17.5 Å². The van der Waals surface area contributed by atoms with Gasteiger partial charge in [-0.05, 0) is 36.2 Å². The zero-order chi connectivity index (χ0) is 19.7. The zero-order valence-corrected chi connectivity index (χ0v) is 16.4. The van der Waals surface area contributed by atoms with Crippen LogP contribution < -0.4 is 0 Å². The first-order valence-electron chi connectivity index (χ1n) is 9.55. The molecule has 1 aliphatic heterocycles. The SMILES string of the molecule is CCCCCN1C(=O)c2[nH]nc(-c3ccccc3O)c2C1c1cccc(Cl)c1. The Morgan fingerprint density at radius 2 is 2.00 bits per heavy atom. The molecule has 28 heavy (non-hydrogen) atoms. The molecule has 4 rings (SSSR count). The lowest BCUT2D eigenvalue weighted by atomic mass is 9.95. The van der Waals surface area contributed by atoms with E-state index in [0.717, 1.165) is 30.4 Å². The number of halogens is 1. The molecule has 0 spiro atoms. The van der Waals surface area contributed by atoms with Gasteiger partial charge in [0, 0.05) is 22.7 Å². The topological polar surface area (TPSA) is 69.2 Å². The van der Waals surface area contributed by atoms with Gasteiger partial charge in [-0.25, -0.2) is 0 Å². The van der Waals surface area contributed by atoms with Crippen LogP contribution in [0, 0.1) is 0 Å². The fourth-order valence-electron chi connectivity index (χ4n) is 3.86. The van der Waals surface area contributed by atoms with Crippen LogP contribution in [0.15, 0.2) is 48.5 Å². The summed E-state index contributed by atoms with van der Waals surface area (Å²) in [6.07, 6.45) is 3.08. The van der Waals surface area contributed by atoms with Gasteiger partial charge in [-0.15, -0.1) is 0 Å². The van der Waals surface area contributed by atoms with Crippen molar-refractivity contribution in [3.63, 3.8) is 0 Å². The number of fused-ring (bicyclic) bond motifs is 1. The third kappa shape index (κ3) is 3.16. The summed E-state index contributed by atoms with van der Waals surface area (Å²) in [5.41, 5.74) is 3.43. The monoisotopic (exact) mass is 395 g/mol. The van der Waals surface area contributed by atoms with Gasteiger partial charge in [0.1, 0.15) is 17.1 Å². The number of H-pyrrole nitrogens is 1. The van der Waals surface area contributed by atoms with Crippen LogP contribution >= 0.6 is 11.6 Å². The maximum absolute atomic E-state index is 13.1. The minimum atomic E-state index is -0.286. The summed E-state index contributed by atoms with van der Waals surface area (Å²) in [5.74, 6) is 0.0729. The van der Waals surface area contributed by atoms with Crippen LogP contribution in [0.3, 0.4) is 0 Å². The summed E-state index contributed by atoms with van der Waals surface area (Å²) in [6, 6.07) is 14.4. The lowest BCUT2D eigenvalue weighted by Gasteiger charge is -2.26. The Morgan fingerprint density at radius 3 is 2.75 bits per heavy atom. The van der Waals surface area contributed by atoms with E-state index in [1.165, 1.54) is 0 Å². The number of rotatable bonds is 6. The Hall–Kier alpha value is -2.79. The largest absolute Gasteiger partial charge is 0.507 e. The molecule has 1 atom stereocenters. The number of aromatic nitrogens is 2. The van der Waals surface area contributed by atoms with Crippen LogP contribution in [0.25, 0.3) is 11.3 Å². The van der Waals surface area contributed by atoms with Crippen molar-refractivity contribution in [1.82, 2.24) is 15.1 Å². The second-order valence-electron chi connectivity index (χ2n) is 7.04. The molecule has 5 nitrogen and oxygen atoms in total. The lowest BCUT2D eigenvalue weighted by molar-refractivity contribution is 0.0740. The third-order valence-corrected chi connectivity index (χ3v) is 5.43. The van der Waals surface area contributed by atoms with Crippen LogP contribution in [-0.4, -0.2) is 32.7 Å². The van der Waals surface area contributed by atoms with Crippen molar-refractivity contribution in [1.29, 1.82) is 0 Å². The number of benzene rings is 2. The third-order valence-electron chi connectivity index (χ3n) is 5.19. The van der Waals surface area contributed by atoms with Crippen LogP contribution in [0.4, 0.5) is 0 Å². The standard InChI is InChI=1S/C22H22ClN3O2/c1-2-3-6-12-26-21(14-8-7-9-15(23)13-14)18-19(24-25-20(18)22(26)28)16-10-4-5-11-17(16)27/h4-5,7-11,13,21,27H,2-3,6,12H2,1H3,(H,24,25). The highest BCUT2D eigenvalue weighted by Crippen LogP contribution is 2.44. The normalized spacial score (nSPS) is 15.9. The minimum absolute atomic E-state index is 0.0646. The fourth-order valence-corrected chi connectivity index (χ4v) is 4.06. The molecule has 0 saturated heterocycles. The molecule has 1 amide bonds. The first-order valence-corrected chi connectivity index (χ1v) is 9.92. The molecule has 144 valence electrons. The van der Waals surface area contributed by atoms with E-state index in [0.29, 0.717) is 28.5 Å². The number of nitrogens with one attached hydrogen (secondary N) is 1. The van der Waals surface area contributed by atoms with E-state index in [2.05, 4.69) is 17.1 Å². The molecule has 2 aromatic carbocycles. The molecule has 6 heteroatoms. The highest BCUT2D eigenvalue weighted by Gasteiger charge is 2.42. The van der Waals surface area contributed by atoms with Gasteiger partial charge in [0.2, 0.25) is 0 Å². The summed E-state index contributed by atoms with van der Waals surface area (Å²) >= 11 is 6.25. The van der Waals surface area contributed by atoms with Crippen molar-refractivity contribution in [2.24, 2.45) is 0 Å². The summed E-state index contributed by atoms with van der Waals surface area (Å²) in [4.78, 5) is 15.0. The number of hydrogen-bond donors (Lipinski definition) is 2. The summed E-state index contributed by atoms with van der Waals surface area (Å²) < 4.78 is 0. The molecule has 1 aromatic heterocycles. The van der Waals surface area contributed by atoms with Crippen molar-refractivity contribution in [2.45, 2.75) is 32.2 Å². The molecular weight excluding hydrogens is 374 g/mol. The van der Waals surface area contributed by atoms with Crippen LogP contribution in [0.2, 0.25) is 5.02 Å². The van der Waals surface area contributed by atoms with E-state index >= 15 is 0 Å². The Balaban J connectivity index is 1.85. The Bertz CT molecular complexity index is 1010. The highest BCUT2D eigenvalue weighted by molar-refractivity contribution is 6.30. The molecule has 2 heterocycles. The lowest BCUT2D eigenvalue weighted by Crippen LogP contribution is -2.30. The van der Waals surface area contributed by atoms with Gasteiger partial charge >= 0.3 is 0 Å². The summed E-state index contributed by atoms with van der Waals surface area (Å²) in [7, 11) is 0. The number of aromatic amines is 1. The van der Waals surface area contributed by atoms with Gasteiger partial charge in [0.25, 0.3) is 5.91 Å². The number of nitrogens with zero attached hydrogens (tertiary/aromatic N) is 2. The number of carbonyl (C=O) groups is 1. The fraction of sp³-hybridized carbons (Fsp3) is 0.273. The molecule has 0 radical (unpaired) electrons. The molecular formula is C22H22ClN3O2. The second-order valence-corrected chi connectivity index (χ2v) is 7.48. The summed E-state index contributed by atoms with van der Waals surface area (Å²) in [5, 5.41) is 18.3. The number of hydrogen-bond acceptors (Lipinski definition) is 3. The number of phenolic OH excluding ortho intramolecular Hbond substituents is 1. The van der Waals surface area contributed by atoms with E-state index in [1.54, 1.807) is 12.1 Å². The molecule has 0 aliphatic carbocycles. The van der Waals surface area contributed by atoms with Gasteiger partial charge in [-0.3, -0.25) is 9.89 Å². The Kier molecular flexibility index (Phi) is 5.09. The molecule has 0 bridgehead atoms. The van der Waals surface area contributed by atoms with Crippen LogP contribution in [0.1, 0.15) is 53.8 Å². The smallest absolute Gasteiger partial charge is 0.273 e. The van der Waals surface area contributed by atoms with E-state index in [1.807, 2.05) is 41.3 Å². The predicted molar refractivity (Wildman–Crippen MR) is 110 cm³/mol. The molecule has 0 saturated carbocycles. The van der Waals surface area contributed by atoms with Crippen molar-refractivity contribution < 1.29 is 9.90 Å². The van der Waals surface area contributed by atoms with Gasteiger partial charge in [0.15, 0.2) is 0 Å². The van der Waals surface area contributed by atoms with Gasteiger partial charge < -0.3 is 10.0 Å². The number of phenols is 1. The molecule has 2 N–H and O–H groups in total. The molecule has 3 aromatic rings. The first kappa shape index (κ1) is 18.6. The number of amides is 1. The van der Waals surface area contributed by atoms with Crippen LogP contribution in [-0.2, 0) is 0 Å².